The minimum Gasteiger partial charge on any atom is -0.497 e. The Bertz CT molecular complexity index is 941. The maximum absolute atomic E-state index is 12.5. The third kappa shape index (κ3) is 4.95. The second-order valence-electron chi connectivity index (χ2n) is 6.32. The van der Waals surface area contributed by atoms with E-state index < -0.39 is 10.0 Å². The maximum atomic E-state index is 12.5. The van der Waals surface area contributed by atoms with Gasteiger partial charge in [-0.1, -0.05) is 11.6 Å². The number of anilines is 1. The molecule has 7 nitrogen and oxygen atoms in total. The molecule has 28 heavy (non-hydrogen) atoms. The van der Waals surface area contributed by atoms with Crippen LogP contribution in [0, 0.1) is 0 Å². The largest absolute Gasteiger partial charge is 0.497 e. The van der Waals surface area contributed by atoms with Gasteiger partial charge < -0.3 is 14.8 Å². The molecule has 2 aromatic carbocycles. The summed E-state index contributed by atoms with van der Waals surface area (Å²) in [6, 6.07) is 10.4. The number of hydrogen-bond donors (Lipinski definition) is 2. The molecule has 1 heterocycles. The number of rotatable bonds is 7. The third-order valence-corrected chi connectivity index (χ3v) is 6.06. The van der Waals surface area contributed by atoms with Gasteiger partial charge in [-0.15, -0.1) is 0 Å². The van der Waals surface area contributed by atoms with Crippen LogP contribution in [0.15, 0.2) is 47.4 Å². The van der Waals surface area contributed by atoms with Crippen molar-refractivity contribution in [2.24, 2.45) is 0 Å². The minimum atomic E-state index is -3.79. The molecule has 1 amide bonds. The van der Waals surface area contributed by atoms with E-state index in [1.165, 1.54) is 37.4 Å². The highest BCUT2D eigenvalue weighted by Gasteiger charge is 2.19. The lowest BCUT2D eigenvalue weighted by Crippen LogP contribution is -2.31. The van der Waals surface area contributed by atoms with Crippen molar-refractivity contribution >= 4 is 33.2 Å². The molecule has 150 valence electrons. The predicted molar refractivity (Wildman–Crippen MR) is 107 cm³/mol. The first-order chi connectivity index (χ1) is 13.4. The Morgan fingerprint density at radius 3 is 2.61 bits per heavy atom. The second-order valence-corrected chi connectivity index (χ2v) is 8.41. The van der Waals surface area contributed by atoms with Gasteiger partial charge in [-0.3, -0.25) is 9.52 Å². The quantitative estimate of drug-likeness (QED) is 0.712. The number of carbonyl (C=O) groups is 1. The molecule has 1 aliphatic rings. The minimum absolute atomic E-state index is 0.0262. The number of halogens is 1. The SMILES string of the molecule is COc1ccc(S(=O)(=O)Nc2ccc(C(=O)NCC3CCCO3)c(Cl)c2)cc1. The molecule has 3 rings (SSSR count). The Hall–Kier alpha value is -2.29. The third-order valence-electron chi connectivity index (χ3n) is 4.35. The lowest BCUT2D eigenvalue weighted by molar-refractivity contribution is 0.0858. The summed E-state index contributed by atoms with van der Waals surface area (Å²) in [6.45, 7) is 1.13. The Kier molecular flexibility index (Phi) is 6.43. The summed E-state index contributed by atoms with van der Waals surface area (Å²) < 4.78 is 37.9. The van der Waals surface area contributed by atoms with Crippen LogP contribution in [0.4, 0.5) is 5.69 Å². The monoisotopic (exact) mass is 424 g/mol. The number of sulfonamides is 1. The van der Waals surface area contributed by atoms with Gasteiger partial charge in [0.05, 0.1) is 34.4 Å². The molecule has 1 atom stereocenters. The van der Waals surface area contributed by atoms with E-state index in [1.54, 1.807) is 12.1 Å². The Labute approximate surface area is 169 Å². The van der Waals surface area contributed by atoms with Crippen molar-refractivity contribution in [3.8, 4) is 5.75 Å². The van der Waals surface area contributed by atoms with Crippen LogP contribution in [-0.2, 0) is 14.8 Å². The van der Waals surface area contributed by atoms with E-state index in [9.17, 15) is 13.2 Å². The Balaban J connectivity index is 1.67. The zero-order chi connectivity index (χ0) is 20.1. The van der Waals surface area contributed by atoms with Gasteiger partial charge in [-0.2, -0.15) is 0 Å². The summed E-state index contributed by atoms with van der Waals surface area (Å²) in [5, 5.41) is 2.94. The molecule has 1 aliphatic heterocycles. The molecule has 2 aromatic rings. The highest BCUT2D eigenvalue weighted by Crippen LogP contribution is 2.24. The van der Waals surface area contributed by atoms with Gasteiger partial charge in [-0.25, -0.2) is 8.42 Å². The van der Waals surface area contributed by atoms with Crippen molar-refractivity contribution in [2.45, 2.75) is 23.8 Å². The molecule has 1 unspecified atom stereocenters. The lowest BCUT2D eigenvalue weighted by Gasteiger charge is -2.13. The molecule has 2 N–H and O–H groups in total. The molecule has 1 fully saturated rings. The number of nitrogens with one attached hydrogen (secondary N) is 2. The highest BCUT2D eigenvalue weighted by molar-refractivity contribution is 7.92. The first-order valence-corrected chi connectivity index (χ1v) is 10.6. The molecule has 0 radical (unpaired) electrons. The summed E-state index contributed by atoms with van der Waals surface area (Å²) in [5.41, 5.74) is 0.531. The summed E-state index contributed by atoms with van der Waals surface area (Å²) in [6.07, 6.45) is 1.93. The van der Waals surface area contributed by atoms with Crippen LogP contribution in [0.2, 0.25) is 5.02 Å². The van der Waals surface area contributed by atoms with Crippen molar-refractivity contribution in [1.29, 1.82) is 0 Å². The van der Waals surface area contributed by atoms with Gasteiger partial charge in [0.15, 0.2) is 0 Å². The van der Waals surface area contributed by atoms with Gasteiger partial charge >= 0.3 is 0 Å². The van der Waals surface area contributed by atoms with Gasteiger partial charge in [-0.05, 0) is 55.3 Å². The van der Waals surface area contributed by atoms with Crippen LogP contribution in [0.25, 0.3) is 0 Å². The van der Waals surface area contributed by atoms with E-state index in [0.717, 1.165) is 12.8 Å². The fraction of sp³-hybridized carbons (Fsp3) is 0.316. The molecular weight excluding hydrogens is 404 g/mol. The van der Waals surface area contributed by atoms with Gasteiger partial charge in [0, 0.05) is 13.2 Å². The van der Waals surface area contributed by atoms with E-state index in [0.29, 0.717) is 18.9 Å². The number of methoxy groups -OCH3 is 1. The zero-order valence-electron chi connectivity index (χ0n) is 15.3. The van der Waals surface area contributed by atoms with E-state index in [2.05, 4.69) is 10.0 Å². The average Bonchev–Trinajstić information content (AvgIpc) is 3.19. The molecule has 0 bridgehead atoms. The van der Waals surface area contributed by atoms with Crippen LogP contribution < -0.4 is 14.8 Å². The number of carbonyl (C=O) groups excluding carboxylic acids is 1. The average molecular weight is 425 g/mol. The van der Waals surface area contributed by atoms with Crippen molar-refractivity contribution in [2.75, 3.05) is 25.0 Å². The van der Waals surface area contributed by atoms with Crippen LogP contribution >= 0.6 is 11.6 Å². The predicted octanol–water partition coefficient (Wildman–Crippen LogP) is 3.06. The van der Waals surface area contributed by atoms with Crippen LogP contribution in [0.1, 0.15) is 23.2 Å². The summed E-state index contributed by atoms with van der Waals surface area (Å²) in [5.74, 6) is 0.227. The highest BCUT2D eigenvalue weighted by atomic mass is 35.5. The summed E-state index contributed by atoms with van der Waals surface area (Å²) in [7, 11) is -2.29. The normalized spacial score (nSPS) is 16.6. The molecule has 0 aliphatic carbocycles. The Morgan fingerprint density at radius 2 is 2.00 bits per heavy atom. The number of hydrogen-bond acceptors (Lipinski definition) is 5. The second kappa shape index (κ2) is 8.81. The molecule has 9 heteroatoms. The number of benzene rings is 2. The zero-order valence-corrected chi connectivity index (χ0v) is 16.8. The fourth-order valence-electron chi connectivity index (χ4n) is 2.84. The molecule has 0 spiro atoms. The lowest BCUT2D eigenvalue weighted by atomic mass is 10.2. The van der Waals surface area contributed by atoms with Gasteiger partial charge in [0.1, 0.15) is 5.75 Å². The number of ether oxygens (including phenoxy) is 2. The number of amides is 1. The molecule has 0 saturated carbocycles. The standard InChI is InChI=1S/C19H21ClN2O5S/c1-26-14-5-7-16(8-6-14)28(24,25)22-13-4-9-17(18(20)11-13)19(23)21-12-15-3-2-10-27-15/h4-9,11,15,22H,2-3,10,12H2,1H3,(H,21,23). The molecule has 0 aromatic heterocycles. The van der Waals surface area contributed by atoms with Crippen LogP contribution in [-0.4, -0.2) is 40.7 Å². The van der Waals surface area contributed by atoms with Gasteiger partial charge in [0.2, 0.25) is 0 Å². The van der Waals surface area contributed by atoms with Crippen molar-refractivity contribution in [3.63, 3.8) is 0 Å². The Morgan fingerprint density at radius 1 is 1.25 bits per heavy atom. The molecule has 1 saturated heterocycles. The van der Waals surface area contributed by atoms with E-state index in [4.69, 9.17) is 21.1 Å². The van der Waals surface area contributed by atoms with Crippen molar-refractivity contribution in [3.05, 3.63) is 53.1 Å². The van der Waals surface area contributed by atoms with Gasteiger partial charge in [0.25, 0.3) is 15.9 Å². The molecular formula is C19H21ClN2O5S. The van der Waals surface area contributed by atoms with E-state index in [1.807, 2.05) is 0 Å². The van der Waals surface area contributed by atoms with Crippen LogP contribution in [0.5, 0.6) is 5.75 Å². The summed E-state index contributed by atoms with van der Waals surface area (Å²) >= 11 is 6.19. The first-order valence-electron chi connectivity index (χ1n) is 8.75. The first kappa shape index (κ1) is 20.4. The van der Waals surface area contributed by atoms with Crippen LogP contribution in [0.3, 0.4) is 0 Å². The maximum Gasteiger partial charge on any atom is 0.261 e. The van der Waals surface area contributed by atoms with Crippen molar-refractivity contribution in [1.82, 2.24) is 5.32 Å². The van der Waals surface area contributed by atoms with E-state index >= 15 is 0 Å². The van der Waals surface area contributed by atoms with E-state index in [-0.39, 0.29) is 33.2 Å². The smallest absolute Gasteiger partial charge is 0.261 e. The fourth-order valence-corrected chi connectivity index (χ4v) is 4.15. The summed E-state index contributed by atoms with van der Waals surface area (Å²) in [4.78, 5) is 12.4. The van der Waals surface area contributed by atoms with Crippen molar-refractivity contribution < 1.29 is 22.7 Å². The topological polar surface area (TPSA) is 93.7 Å².